The summed E-state index contributed by atoms with van der Waals surface area (Å²) in [5.74, 6) is 0.838. The summed E-state index contributed by atoms with van der Waals surface area (Å²) in [5, 5.41) is 10.2. The third-order valence-corrected chi connectivity index (χ3v) is 6.39. The van der Waals surface area contributed by atoms with Crippen LogP contribution < -0.4 is 9.47 Å². The van der Waals surface area contributed by atoms with Gasteiger partial charge in [0.15, 0.2) is 11.5 Å². The van der Waals surface area contributed by atoms with Crippen molar-refractivity contribution in [2.45, 2.75) is 14.4 Å². The van der Waals surface area contributed by atoms with Gasteiger partial charge in [-0.25, -0.2) is 0 Å². The molecule has 3 aromatic carbocycles. The molecule has 1 N–H and O–H groups in total. The van der Waals surface area contributed by atoms with E-state index in [1.807, 2.05) is 48.5 Å². The molecule has 0 bridgehead atoms. The highest BCUT2D eigenvalue weighted by Gasteiger charge is 2.20. The van der Waals surface area contributed by atoms with Gasteiger partial charge in [0.25, 0.3) is 0 Å². The predicted octanol–water partition coefficient (Wildman–Crippen LogP) is 5.99. The second kappa shape index (κ2) is 8.92. The highest BCUT2D eigenvalue weighted by molar-refractivity contribution is 8.16. The second-order valence-electron chi connectivity index (χ2n) is 5.47. The van der Waals surface area contributed by atoms with Crippen molar-refractivity contribution < 1.29 is 14.6 Å². The molecule has 0 aliphatic carbocycles. The number of hydrogen-bond donors (Lipinski definition) is 1. The summed E-state index contributed by atoms with van der Waals surface area (Å²) in [7, 11) is 3.09. The first kappa shape index (κ1) is 18.5. The van der Waals surface area contributed by atoms with E-state index in [-0.39, 0.29) is 10.3 Å². The smallest absolute Gasteiger partial charge is 0.200 e. The topological polar surface area (TPSA) is 38.7 Å². The van der Waals surface area contributed by atoms with E-state index in [4.69, 9.17) is 9.47 Å². The minimum atomic E-state index is 0.0203. The van der Waals surface area contributed by atoms with Crippen LogP contribution in [-0.2, 0) is 0 Å². The molecule has 3 nitrogen and oxygen atoms in total. The number of aromatic hydroxyl groups is 1. The molecule has 0 aliphatic rings. The van der Waals surface area contributed by atoms with E-state index in [9.17, 15) is 5.11 Å². The maximum atomic E-state index is 10.2. The lowest BCUT2D eigenvalue weighted by atomic mass is 10.2. The van der Waals surface area contributed by atoms with Crippen LogP contribution in [0.1, 0.15) is 10.1 Å². The minimum absolute atomic E-state index is 0.0203. The molecule has 0 fully saturated rings. The van der Waals surface area contributed by atoms with Crippen molar-refractivity contribution in [3.8, 4) is 17.2 Å². The van der Waals surface area contributed by atoms with Crippen LogP contribution in [0.15, 0.2) is 82.6 Å². The van der Waals surface area contributed by atoms with Crippen LogP contribution in [0, 0.1) is 0 Å². The van der Waals surface area contributed by atoms with E-state index in [2.05, 4.69) is 24.3 Å². The summed E-state index contributed by atoms with van der Waals surface area (Å²) in [6, 6.07) is 24.3. The molecule has 0 aliphatic heterocycles. The molecule has 3 aromatic rings. The zero-order valence-corrected chi connectivity index (χ0v) is 16.2. The maximum Gasteiger partial charge on any atom is 0.200 e. The molecule has 0 saturated carbocycles. The Morgan fingerprint density at radius 1 is 0.731 bits per heavy atom. The Hall–Kier alpha value is -2.24. The molecular formula is C21H20O3S2. The Morgan fingerprint density at radius 3 is 1.54 bits per heavy atom. The minimum Gasteiger partial charge on any atom is -0.502 e. The zero-order valence-electron chi connectivity index (χ0n) is 14.6. The van der Waals surface area contributed by atoms with E-state index >= 15 is 0 Å². The molecule has 134 valence electrons. The van der Waals surface area contributed by atoms with Gasteiger partial charge >= 0.3 is 0 Å². The van der Waals surface area contributed by atoms with Crippen molar-refractivity contribution in [2.24, 2.45) is 0 Å². The van der Waals surface area contributed by atoms with Crippen molar-refractivity contribution in [1.82, 2.24) is 0 Å². The van der Waals surface area contributed by atoms with Gasteiger partial charge in [-0.05, 0) is 42.0 Å². The number of methoxy groups -OCH3 is 2. The summed E-state index contributed by atoms with van der Waals surface area (Å²) >= 11 is 3.50. The first-order valence-electron chi connectivity index (χ1n) is 8.09. The number of thioether (sulfide) groups is 2. The maximum absolute atomic E-state index is 10.2. The molecule has 5 heteroatoms. The lowest BCUT2D eigenvalue weighted by Gasteiger charge is -2.19. The first-order chi connectivity index (χ1) is 12.7. The van der Waals surface area contributed by atoms with Crippen molar-refractivity contribution >= 4 is 23.5 Å². The Balaban J connectivity index is 1.99. The Morgan fingerprint density at radius 2 is 1.15 bits per heavy atom. The fourth-order valence-corrected chi connectivity index (χ4v) is 4.98. The summed E-state index contributed by atoms with van der Waals surface area (Å²) in [5.41, 5.74) is 1.01. The molecule has 0 saturated heterocycles. The highest BCUT2D eigenvalue weighted by atomic mass is 32.2. The van der Waals surface area contributed by atoms with E-state index in [0.717, 1.165) is 5.56 Å². The van der Waals surface area contributed by atoms with E-state index in [1.165, 1.54) is 9.79 Å². The van der Waals surface area contributed by atoms with Crippen molar-refractivity contribution in [3.05, 3.63) is 78.4 Å². The fourth-order valence-electron chi connectivity index (χ4n) is 2.46. The molecule has 3 rings (SSSR count). The Kier molecular flexibility index (Phi) is 6.36. The zero-order chi connectivity index (χ0) is 18.4. The highest BCUT2D eigenvalue weighted by Crippen LogP contribution is 2.50. The second-order valence-corrected chi connectivity index (χ2v) is 8.12. The van der Waals surface area contributed by atoms with Gasteiger partial charge in [-0.2, -0.15) is 0 Å². The van der Waals surface area contributed by atoms with Crippen LogP contribution in [0.2, 0.25) is 0 Å². The lowest BCUT2D eigenvalue weighted by Crippen LogP contribution is -1.95. The average Bonchev–Trinajstić information content (AvgIpc) is 2.69. The van der Waals surface area contributed by atoms with Crippen LogP contribution in [-0.4, -0.2) is 19.3 Å². The van der Waals surface area contributed by atoms with Crippen LogP contribution in [0.25, 0.3) is 0 Å². The van der Waals surface area contributed by atoms with E-state index in [0.29, 0.717) is 11.5 Å². The van der Waals surface area contributed by atoms with Gasteiger partial charge in [0, 0.05) is 9.79 Å². The molecule has 0 atom stereocenters. The van der Waals surface area contributed by atoms with Crippen molar-refractivity contribution in [1.29, 1.82) is 0 Å². The standard InChI is InChI=1S/C21H20O3S2/c1-23-18-13-15(14-19(24-2)20(18)22)21(25-16-9-5-3-6-10-16)26-17-11-7-4-8-12-17/h3-14,21-22H,1-2H3. The van der Waals surface area contributed by atoms with Crippen LogP contribution >= 0.6 is 23.5 Å². The largest absolute Gasteiger partial charge is 0.502 e. The van der Waals surface area contributed by atoms with Crippen molar-refractivity contribution in [3.63, 3.8) is 0 Å². The average molecular weight is 385 g/mol. The number of hydrogen-bond acceptors (Lipinski definition) is 5. The first-order valence-corrected chi connectivity index (χ1v) is 9.85. The van der Waals surface area contributed by atoms with Gasteiger partial charge in [-0.15, -0.1) is 23.5 Å². The summed E-state index contributed by atoms with van der Waals surface area (Å²) < 4.78 is 10.7. The molecule has 0 amide bonds. The molecule has 0 spiro atoms. The molecular weight excluding hydrogens is 364 g/mol. The number of rotatable bonds is 7. The van der Waals surface area contributed by atoms with Gasteiger partial charge in [0.1, 0.15) is 0 Å². The van der Waals surface area contributed by atoms with E-state index < -0.39 is 0 Å². The third-order valence-electron chi connectivity index (χ3n) is 3.75. The molecule has 0 radical (unpaired) electrons. The lowest BCUT2D eigenvalue weighted by molar-refractivity contribution is 0.339. The summed E-state index contributed by atoms with van der Waals surface area (Å²) in [4.78, 5) is 2.35. The fraction of sp³-hybridized carbons (Fsp3) is 0.143. The van der Waals surface area contributed by atoms with Gasteiger partial charge < -0.3 is 14.6 Å². The normalized spacial score (nSPS) is 10.7. The van der Waals surface area contributed by atoms with Gasteiger partial charge in [0.2, 0.25) is 5.75 Å². The number of benzene rings is 3. The molecule has 0 heterocycles. The number of phenols is 1. The summed E-state index contributed by atoms with van der Waals surface area (Å²) in [6.45, 7) is 0. The van der Waals surface area contributed by atoms with Gasteiger partial charge in [0.05, 0.1) is 18.8 Å². The summed E-state index contributed by atoms with van der Waals surface area (Å²) in [6.07, 6.45) is 0. The molecule has 26 heavy (non-hydrogen) atoms. The predicted molar refractivity (Wildman–Crippen MR) is 109 cm³/mol. The van der Waals surface area contributed by atoms with Crippen LogP contribution in [0.5, 0.6) is 17.2 Å². The quantitative estimate of drug-likeness (QED) is 0.400. The Labute approximate surface area is 162 Å². The Bertz CT molecular complexity index is 772. The monoisotopic (exact) mass is 384 g/mol. The van der Waals surface area contributed by atoms with Crippen molar-refractivity contribution in [2.75, 3.05) is 14.2 Å². The van der Waals surface area contributed by atoms with Gasteiger partial charge in [-0.1, -0.05) is 36.4 Å². The number of phenolic OH excluding ortho intramolecular Hbond substituents is 1. The molecule has 0 aromatic heterocycles. The van der Waals surface area contributed by atoms with Crippen LogP contribution in [0.3, 0.4) is 0 Å². The van der Waals surface area contributed by atoms with E-state index in [1.54, 1.807) is 37.7 Å². The van der Waals surface area contributed by atoms with Gasteiger partial charge in [-0.3, -0.25) is 0 Å². The number of ether oxygens (including phenoxy) is 2. The molecule has 0 unspecified atom stereocenters. The third kappa shape index (κ3) is 4.48. The van der Waals surface area contributed by atoms with Crippen LogP contribution in [0.4, 0.5) is 0 Å². The SMILES string of the molecule is COc1cc(C(Sc2ccccc2)Sc2ccccc2)cc(OC)c1O.